The molecule has 0 spiro atoms. The Hall–Kier alpha value is -1.88. The van der Waals surface area contributed by atoms with Gasteiger partial charge in [0.1, 0.15) is 11.6 Å². The van der Waals surface area contributed by atoms with Gasteiger partial charge in [-0.25, -0.2) is 4.98 Å². The van der Waals surface area contributed by atoms with Gasteiger partial charge in [0.05, 0.1) is 18.3 Å². The van der Waals surface area contributed by atoms with E-state index in [0.29, 0.717) is 0 Å². The molecule has 1 unspecified atom stereocenters. The van der Waals surface area contributed by atoms with Crippen LogP contribution in [0.2, 0.25) is 0 Å². The van der Waals surface area contributed by atoms with E-state index in [9.17, 15) is 0 Å². The van der Waals surface area contributed by atoms with Crippen molar-refractivity contribution >= 4 is 0 Å². The van der Waals surface area contributed by atoms with Crippen molar-refractivity contribution in [2.45, 2.75) is 39.3 Å². The fourth-order valence-electron chi connectivity index (χ4n) is 2.03. The molecule has 0 aromatic carbocycles. The minimum atomic E-state index is 0.00756. The Kier molecular flexibility index (Phi) is 5.12. The highest BCUT2D eigenvalue weighted by Gasteiger charge is 2.16. The maximum atomic E-state index is 5.71. The van der Waals surface area contributed by atoms with Crippen LogP contribution in [0.4, 0.5) is 0 Å². The van der Waals surface area contributed by atoms with Crippen LogP contribution in [0.15, 0.2) is 30.9 Å². The summed E-state index contributed by atoms with van der Waals surface area (Å²) in [5, 5.41) is 3.48. The molecule has 0 aliphatic heterocycles. The van der Waals surface area contributed by atoms with Crippen molar-refractivity contribution < 1.29 is 4.74 Å². The maximum Gasteiger partial charge on any atom is 0.138 e. The Balaban J connectivity index is 2.24. The lowest BCUT2D eigenvalue weighted by atomic mass is 10.1. The average molecular weight is 274 g/mol. The Labute approximate surface area is 119 Å². The Bertz CT molecular complexity index is 510. The van der Waals surface area contributed by atoms with Gasteiger partial charge in [0.25, 0.3) is 0 Å². The third-order valence-electron chi connectivity index (χ3n) is 2.83. The second kappa shape index (κ2) is 7.05. The molecule has 108 valence electrons. The minimum Gasteiger partial charge on any atom is -0.489 e. The molecule has 0 fully saturated rings. The molecule has 20 heavy (non-hydrogen) atoms. The first kappa shape index (κ1) is 14.5. The molecule has 0 aliphatic rings. The minimum absolute atomic E-state index is 0.00756. The molecule has 2 heterocycles. The van der Waals surface area contributed by atoms with E-state index >= 15 is 0 Å². The SMILES string of the molecule is CCCNC(c1cncc(OC(C)C)c1)c1ncc[nH]1. The number of hydrogen-bond donors (Lipinski definition) is 2. The van der Waals surface area contributed by atoms with Crippen molar-refractivity contribution in [1.29, 1.82) is 0 Å². The molecule has 5 heteroatoms. The summed E-state index contributed by atoms with van der Waals surface area (Å²) in [6, 6.07) is 2.02. The van der Waals surface area contributed by atoms with E-state index in [1.807, 2.05) is 32.3 Å². The molecule has 2 aromatic heterocycles. The van der Waals surface area contributed by atoms with Crippen LogP contribution < -0.4 is 10.1 Å². The quantitative estimate of drug-likeness (QED) is 0.815. The molecule has 0 radical (unpaired) electrons. The van der Waals surface area contributed by atoms with Gasteiger partial charge < -0.3 is 15.0 Å². The van der Waals surface area contributed by atoms with Crippen LogP contribution in [0, 0.1) is 0 Å². The van der Waals surface area contributed by atoms with Crippen LogP contribution in [-0.4, -0.2) is 27.6 Å². The molecule has 1 atom stereocenters. The number of pyridine rings is 1. The number of imidazole rings is 1. The van der Waals surface area contributed by atoms with Crippen LogP contribution in [-0.2, 0) is 0 Å². The smallest absolute Gasteiger partial charge is 0.138 e. The molecule has 2 rings (SSSR count). The van der Waals surface area contributed by atoms with Gasteiger partial charge >= 0.3 is 0 Å². The summed E-state index contributed by atoms with van der Waals surface area (Å²) < 4.78 is 5.71. The normalized spacial score (nSPS) is 12.6. The third kappa shape index (κ3) is 3.81. The van der Waals surface area contributed by atoms with Gasteiger partial charge in [-0.3, -0.25) is 4.98 Å². The zero-order chi connectivity index (χ0) is 14.4. The van der Waals surface area contributed by atoms with Crippen molar-refractivity contribution in [3.05, 3.63) is 42.2 Å². The van der Waals surface area contributed by atoms with Crippen molar-refractivity contribution in [2.24, 2.45) is 0 Å². The molecule has 5 nitrogen and oxygen atoms in total. The lowest BCUT2D eigenvalue weighted by molar-refractivity contribution is 0.241. The van der Waals surface area contributed by atoms with Gasteiger partial charge in [0.2, 0.25) is 0 Å². The van der Waals surface area contributed by atoms with E-state index in [-0.39, 0.29) is 12.1 Å². The van der Waals surface area contributed by atoms with Gasteiger partial charge in [0, 0.05) is 18.6 Å². The van der Waals surface area contributed by atoms with Crippen LogP contribution in [0.1, 0.15) is 44.6 Å². The summed E-state index contributed by atoms with van der Waals surface area (Å²) in [5.74, 6) is 1.68. The molecule has 0 bridgehead atoms. The van der Waals surface area contributed by atoms with Gasteiger partial charge in [-0.05, 0) is 38.4 Å². The second-order valence-electron chi connectivity index (χ2n) is 4.98. The van der Waals surface area contributed by atoms with E-state index in [4.69, 9.17) is 4.74 Å². The molecule has 0 aliphatic carbocycles. The summed E-state index contributed by atoms with van der Waals surface area (Å²) >= 11 is 0. The zero-order valence-corrected chi connectivity index (χ0v) is 12.3. The first-order chi connectivity index (χ1) is 9.70. The number of aromatic nitrogens is 3. The number of ether oxygens (including phenoxy) is 1. The third-order valence-corrected chi connectivity index (χ3v) is 2.83. The Morgan fingerprint density at radius 2 is 2.20 bits per heavy atom. The second-order valence-corrected chi connectivity index (χ2v) is 4.98. The largest absolute Gasteiger partial charge is 0.489 e. The van der Waals surface area contributed by atoms with Crippen LogP contribution in [0.3, 0.4) is 0 Å². The number of aromatic amines is 1. The highest BCUT2D eigenvalue weighted by molar-refractivity contribution is 5.29. The number of hydrogen-bond acceptors (Lipinski definition) is 4. The molecular formula is C15H22N4O. The van der Waals surface area contributed by atoms with Crippen LogP contribution in [0.25, 0.3) is 0 Å². The monoisotopic (exact) mass is 274 g/mol. The van der Waals surface area contributed by atoms with Gasteiger partial charge in [-0.15, -0.1) is 0 Å². The fraction of sp³-hybridized carbons (Fsp3) is 0.467. The van der Waals surface area contributed by atoms with Crippen molar-refractivity contribution in [3.63, 3.8) is 0 Å². The van der Waals surface area contributed by atoms with E-state index in [0.717, 1.165) is 30.1 Å². The fourth-order valence-corrected chi connectivity index (χ4v) is 2.03. The highest BCUT2D eigenvalue weighted by atomic mass is 16.5. The standard InChI is InChI=1S/C15H22N4O/c1-4-5-17-14(15-18-6-7-19-15)12-8-13(10-16-9-12)20-11(2)3/h6-11,14,17H,4-5H2,1-3H3,(H,18,19). The van der Waals surface area contributed by atoms with Gasteiger partial charge in [-0.1, -0.05) is 6.92 Å². The first-order valence-electron chi connectivity index (χ1n) is 7.05. The molecule has 0 saturated heterocycles. The summed E-state index contributed by atoms with van der Waals surface area (Å²) in [7, 11) is 0. The summed E-state index contributed by atoms with van der Waals surface area (Å²) in [6.07, 6.45) is 8.38. The van der Waals surface area contributed by atoms with E-state index in [1.165, 1.54) is 0 Å². The summed E-state index contributed by atoms with van der Waals surface area (Å²) in [6.45, 7) is 7.07. The predicted octanol–water partition coefficient (Wildman–Crippen LogP) is 2.68. The summed E-state index contributed by atoms with van der Waals surface area (Å²) in [5.41, 5.74) is 1.05. The maximum absolute atomic E-state index is 5.71. The molecule has 2 N–H and O–H groups in total. The zero-order valence-electron chi connectivity index (χ0n) is 12.3. The van der Waals surface area contributed by atoms with E-state index < -0.39 is 0 Å². The average Bonchev–Trinajstić information content (AvgIpc) is 2.93. The van der Waals surface area contributed by atoms with Gasteiger partial charge in [0.15, 0.2) is 0 Å². The Morgan fingerprint density at radius 1 is 1.35 bits per heavy atom. The first-order valence-corrected chi connectivity index (χ1v) is 7.05. The summed E-state index contributed by atoms with van der Waals surface area (Å²) in [4.78, 5) is 11.8. The number of nitrogens with zero attached hydrogens (tertiary/aromatic N) is 2. The van der Waals surface area contributed by atoms with Crippen molar-refractivity contribution in [1.82, 2.24) is 20.3 Å². The van der Waals surface area contributed by atoms with Crippen molar-refractivity contribution in [3.8, 4) is 5.75 Å². The topological polar surface area (TPSA) is 62.8 Å². The highest BCUT2D eigenvalue weighted by Crippen LogP contribution is 2.22. The lowest BCUT2D eigenvalue weighted by Gasteiger charge is -2.18. The Morgan fingerprint density at radius 3 is 2.85 bits per heavy atom. The molecular weight excluding hydrogens is 252 g/mol. The lowest BCUT2D eigenvalue weighted by Crippen LogP contribution is -2.24. The van der Waals surface area contributed by atoms with Crippen LogP contribution >= 0.6 is 0 Å². The number of nitrogens with one attached hydrogen (secondary N) is 2. The van der Waals surface area contributed by atoms with Crippen molar-refractivity contribution in [2.75, 3.05) is 6.54 Å². The number of H-pyrrole nitrogens is 1. The van der Waals surface area contributed by atoms with Crippen LogP contribution in [0.5, 0.6) is 5.75 Å². The number of rotatable bonds is 7. The van der Waals surface area contributed by atoms with Gasteiger partial charge in [-0.2, -0.15) is 0 Å². The molecule has 0 saturated carbocycles. The van der Waals surface area contributed by atoms with E-state index in [1.54, 1.807) is 12.4 Å². The predicted molar refractivity (Wildman–Crippen MR) is 78.7 cm³/mol. The molecule has 0 amide bonds. The van der Waals surface area contributed by atoms with E-state index in [2.05, 4.69) is 27.2 Å². The molecule has 2 aromatic rings.